The lowest BCUT2D eigenvalue weighted by Crippen LogP contribution is -2.43. The van der Waals surface area contributed by atoms with Crippen molar-refractivity contribution in [1.82, 2.24) is 19.5 Å². The number of rotatable bonds is 4. The van der Waals surface area contributed by atoms with E-state index >= 15 is 0 Å². The number of fused-ring (bicyclic) bond motifs is 1. The molecule has 0 N–H and O–H groups in total. The molecule has 0 amide bonds. The van der Waals surface area contributed by atoms with E-state index in [0.29, 0.717) is 6.54 Å². The Morgan fingerprint density at radius 3 is 2.73 bits per heavy atom. The number of anilines is 2. The van der Waals surface area contributed by atoms with Crippen LogP contribution < -0.4 is 9.80 Å². The Labute approximate surface area is 177 Å². The van der Waals surface area contributed by atoms with Gasteiger partial charge in [-0.2, -0.15) is 4.98 Å². The molecule has 2 aliphatic heterocycles. The number of imidazole rings is 1. The second kappa shape index (κ2) is 7.56. The molecule has 1 unspecified atom stereocenters. The quantitative estimate of drug-likeness (QED) is 0.716. The SMILES string of the molecule is CN(C)c1nc2c(c(N3CCC4(CC3)CC(Cn3ccnc3)OC4=O)n1)CCCC2. The van der Waals surface area contributed by atoms with Crippen LogP contribution in [-0.4, -0.2) is 58.8 Å². The third-order valence-corrected chi connectivity index (χ3v) is 6.87. The normalized spacial score (nSPS) is 22.8. The minimum atomic E-state index is -0.348. The Bertz CT molecular complexity index is 918. The van der Waals surface area contributed by atoms with Crippen LogP contribution >= 0.6 is 0 Å². The Morgan fingerprint density at radius 1 is 1.20 bits per heavy atom. The van der Waals surface area contributed by atoms with E-state index in [1.807, 2.05) is 29.8 Å². The number of aryl methyl sites for hydroxylation is 1. The summed E-state index contributed by atoms with van der Waals surface area (Å²) in [6.07, 6.45) is 12.3. The van der Waals surface area contributed by atoms with Crippen LogP contribution in [0.3, 0.4) is 0 Å². The molecule has 1 aliphatic carbocycles. The minimum absolute atomic E-state index is 0.0223. The van der Waals surface area contributed by atoms with Gasteiger partial charge in [0.15, 0.2) is 0 Å². The van der Waals surface area contributed by atoms with Crippen molar-refractivity contribution < 1.29 is 9.53 Å². The van der Waals surface area contributed by atoms with Crippen LogP contribution in [0, 0.1) is 5.41 Å². The summed E-state index contributed by atoms with van der Waals surface area (Å²) in [5, 5.41) is 0. The fraction of sp³-hybridized carbons (Fsp3) is 0.636. The molecule has 0 bridgehead atoms. The maximum atomic E-state index is 12.8. The van der Waals surface area contributed by atoms with Crippen LogP contribution in [0.4, 0.5) is 11.8 Å². The molecule has 5 rings (SSSR count). The Hall–Kier alpha value is -2.64. The molecule has 2 aromatic rings. The third kappa shape index (κ3) is 3.42. The van der Waals surface area contributed by atoms with E-state index in [1.54, 1.807) is 12.5 Å². The number of hydrogen-bond acceptors (Lipinski definition) is 7. The number of piperidine rings is 1. The Kier molecular flexibility index (Phi) is 4.87. The van der Waals surface area contributed by atoms with Crippen molar-refractivity contribution in [2.24, 2.45) is 5.41 Å². The fourth-order valence-corrected chi connectivity index (χ4v) is 5.15. The van der Waals surface area contributed by atoms with Gasteiger partial charge >= 0.3 is 5.97 Å². The Morgan fingerprint density at radius 2 is 2.00 bits per heavy atom. The van der Waals surface area contributed by atoms with Crippen molar-refractivity contribution in [2.45, 2.75) is 57.6 Å². The first-order valence-corrected chi connectivity index (χ1v) is 11.0. The lowest BCUT2D eigenvalue weighted by molar-refractivity contribution is -0.150. The molecule has 0 radical (unpaired) electrons. The second-order valence-electron chi connectivity index (χ2n) is 9.13. The zero-order valence-corrected chi connectivity index (χ0v) is 17.9. The number of hydrogen-bond donors (Lipinski definition) is 0. The molecule has 30 heavy (non-hydrogen) atoms. The number of ether oxygens (including phenoxy) is 1. The smallest absolute Gasteiger partial charge is 0.312 e. The van der Waals surface area contributed by atoms with E-state index in [-0.39, 0.29) is 17.5 Å². The van der Waals surface area contributed by atoms with Gasteiger partial charge in [0.05, 0.1) is 24.0 Å². The van der Waals surface area contributed by atoms with E-state index in [2.05, 4.69) is 9.88 Å². The van der Waals surface area contributed by atoms with Gasteiger partial charge in [0.1, 0.15) is 11.9 Å². The largest absolute Gasteiger partial charge is 0.460 e. The van der Waals surface area contributed by atoms with Crippen molar-refractivity contribution in [1.29, 1.82) is 0 Å². The van der Waals surface area contributed by atoms with Crippen LogP contribution in [-0.2, 0) is 28.9 Å². The summed E-state index contributed by atoms with van der Waals surface area (Å²) in [7, 11) is 3.99. The topological polar surface area (TPSA) is 76.4 Å². The molecule has 0 aromatic carbocycles. The van der Waals surface area contributed by atoms with Crippen LogP contribution in [0.2, 0.25) is 0 Å². The molecule has 2 fully saturated rings. The summed E-state index contributed by atoms with van der Waals surface area (Å²) in [5.41, 5.74) is 2.17. The van der Waals surface area contributed by atoms with Gasteiger partial charge in [-0.1, -0.05) is 0 Å². The van der Waals surface area contributed by atoms with Crippen LogP contribution in [0.1, 0.15) is 43.4 Å². The van der Waals surface area contributed by atoms with Gasteiger partial charge in [-0.25, -0.2) is 9.97 Å². The van der Waals surface area contributed by atoms with Gasteiger partial charge in [-0.05, 0) is 38.5 Å². The Balaban J connectivity index is 1.32. The van der Waals surface area contributed by atoms with E-state index in [9.17, 15) is 4.79 Å². The summed E-state index contributed by atoms with van der Waals surface area (Å²) in [4.78, 5) is 31.0. The highest BCUT2D eigenvalue weighted by Crippen LogP contribution is 2.44. The average molecular weight is 411 g/mol. The molecule has 8 nitrogen and oxygen atoms in total. The molecule has 1 atom stereocenters. The van der Waals surface area contributed by atoms with Crippen LogP contribution in [0.15, 0.2) is 18.7 Å². The molecule has 2 aromatic heterocycles. The van der Waals surface area contributed by atoms with Crippen LogP contribution in [0.5, 0.6) is 0 Å². The molecule has 1 spiro atoms. The molecule has 2 saturated heterocycles. The van der Waals surface area contributed by atoms with Gasteiger partial charge in [-0.15, -0.1) is 0 Å². The van der Waals surface area contributed by atoms with E-state index in [1.165, 1.54) is 24.1 Å². The lowest BCUT2D eigenvalue weighted by Gasteiger charge is -2.38. The molecule has 4 heterocycles. The van der Waals surface area contributed by atoms with Crippen molar-refractivity contribution in [3.63, 3.8) is 0 Å². The van der Waals surface area contributed by atoms with Gasteiger partial charge in [-0.3, -0.25) is 4.79 Å². The standard InChI is InChI=1S/C22H30N6O2/c1-26(2)21-24-18-6-4-3-5-17(18)19(25-21)28-10-7-22(8-11-28)13-16(30-20(22)29)14-27-12-9-23-15-27/h9,12,15-16H,3-8,10-11,13-14H2,1-2H3. The van der Waals surface area contributed by atoms with Crippen LogP contribution in [0.25, 0.3) is 0 Å². The highest BCUT2D eigenvalue weighted by Gasteiger charge is 2.50. The van der Waals surface area contributed by atoms with Crippen molar-refractivity contribution >= 4 is 17.7 Å². The molecular weight excluding hydrogens is 380 g/mol. The summed E-state index contributed by atoms with van der Waals surface area (Å²) in [5.74, 6) is 1.84. The third-order valence-electron chi connectivity index (χ3n) is 6.87. The highest BCUT2D eigenvalue weighted by molar-refractivity contribution is 5.79. The lowest BCUT2D eigenvalue weighted by atomic mass is 9.76. The number of nitrogens with zero attached hydrogens (tertiary/aromatic N) is 6. The highest BCUT2D eigenvalue weighted by atomic mass is 16.6. The number of carbonyl (C=O) groups excluding carboxylic acids is 1. The fourth-order valence-electron chi connectivity index (χ4n) is 5.15. The molecule has 3 aliphatic rings. The predicted molar refractivity (Wildman–Crippen MR) is 114 cm³/mol. The number of cyclic esters (lactones) is 1. The van der Waals surface area contributed by atoms with Gasteiger partial charge in [0.25, 0.3) is 0 Å². The van der Waals surface area contributed by atoms with Crippen molar-refractivity contribution in [2.75, 3.05) is 37.0 Å². The summed E-state index contributed by atoms with van der Waals surface area (Å²) >= 11 is 0. The monoisotopic (exact) mass is 410 g/mol. The molecule has 8 heteroatoms. The number of esters is 1. The summed E-state index contributed by atoms with van der Waals surface area (Å²) < 4.78 is 7.76. The second-order valence-corrected chi connectivity index (χ2v) is 9.13. The van der Waals surface area contributed by atoms with Gasteiger partial charge < -0.3 is 19.1 Å². The van der Waals surface area contributed by atoms with Gasteiger partial charge in [0.2, 0.25) is 5.95 Å². The average Bonchev–Trinajstić information content (AvgIpc) is 3.36. The van der Waals surface area contributed by atoms with Crippen molar-refractivity contribution in [3.8, 4) is 0 Å². The number of carbonyl (C=O) groups is 1. The van der Waals surface area contributed by atoms with E-state index < -0.39 is 0 Å². The molecular formula is C22H30N6O2. The van der Waals surface area contributed by atoms with E-state index in [4.69, 9.17) is 14.7 Å². The minimum Gasteiger partial charge on any atom is -0.460 e. The number of aromatic nitrogens is 4. The summed E-state index contributed by atoms with van der Waals surface area (Å²) in [6, 6.07) is 0. The van der Waals surface area contributed by atoms with E-state index in [0.717, 1.165) is 57.0 Å². The summed E-state index contributed by atoms with van der Waals surface area (Å²) in [6.45, 7) is 2.36. The van der Waals surface area contributed by atoms with Gasteiger partial charge in [0, 0.05) is 51.6 Å². The first-order chi connectivity index (χ1) is 14.5. The molecule has 0 saturated carbocycles. The van der Waals surface area contributed by atoms with Crippen molar-refractivity contribution in [3.05, 3.63) is 30.0 Å². The maximum absolute atomic E-state index is 12.8. The molecule has 160 valence electrons. The zero-order chi connectivity index (χ0) is 20.7. The first-order valence-electron chi connectivity index (χ1n) is 11.0. The maximum Gasteiger partial charge on any atom is 0.312 e. The zero-order valence-electron chi connectivity index (χ0n) is 17.9. The first kappa shape index (κ1) is 19.3. The predicted octanol–water partition coefficient (Wildman–Crippen LogP) is 2.22.